The fourth-order valence-electron chi connectivity index (χ4n) is 2.85. The van der Waals surface area contributed by atoms with Crippen LogP contribution in [0.25, 0.3) is 0 Å². The molecule has 0 aromatic heterocycles. The molecule has 0 saturated carbocycles. The highest BCUT2D eigenvalue weighted by Crippen LogP contribution is 2.20. The number of amides is 1. The van der Waals surface area contributed by atoms with E-state index in [4.69, 9.17) is 0 Å². The Morgan fingerprint density at radius 2 is 1.69 bits per heavy atom. The van der Waals surface area contributed by atoms with E-state index in [0.29, 0.717) is 13.1 Å². The number of nitrogens with one attached hydrogen (secondary N) is 1. The molecule has 0 aliphatic carbocycles. The largest absolute Gasteiger partial charge is 0.339 e. The summed E-state index contributed by atoms with van der Waals surface area (Å²) in [5.74, 6) is -2.43. The van der Waals surface area contributed by atoms with Gasteiger partial charge in [0.25, 0.3) is 15.9 Å². The van der Waals surface area contributed by atoms with Gasteiger partial charge < -0.3 is 4.90 Å². The van der Waals surface area contributed by atoms with Gasteiger partial charge in [0.1, 0.15) is 0 Å². The van der Waals surface area contributed by atoms with Crippen molar-refractivity contribution >= 4 is 21.6 Å². The minimum Gasteiger partial charge on any atom is -0.339 e. The van der Waals surface area contributed by atoms with Crippen molar-refractivity contribution in [2.45, 2.75) is 24.2 Å². The van der Waals surface area contributed by atoms with Crippen molar-refractivity contribution in [3.05, 3.63) is 59.7 Å². The van der Waals surface area contributed by atoms with Crippen LogP contribution < -0.4 is 4.72 Å². The molecule has 8 heteroatoms. The molecule has 0 radical (unpaired) electrons. The van der Waals surface area contributed by atoms with Gasteiger partial charge in [0, 0.05) is 24.7 Å². The number of likely N-dealkylation sites (tertiary alicyclic amines) is 1. The van der Waals surface area contributed by atoms with Gasteiger partial charge in [-0.3, -0.25) is 9.52 Å². The number of hydrogen-bond acceptors (Lipinski definition) is 3. The van der Waals surface area contributed by atoms with Gasteiger partial charge in [0.15, 0.2) is 11.6 Å². The second-order valence-corrected chi connectivity index (χ2v) is 7.80. The molecule has 1 aliphatic rings. The topological polar surface area (TPSA) is 66.5 Å². The number of rotatable bonds is 4. The maximum Gasteiger partial charge on any atom is 0.261 e. The van der Waals surface area contributed by atoms with Crippen LogP contribution in [0.3, 0.4) is 0 Å². The Kier molecular flexibility index (Phi) is 5.22. The van der Waals surface area contributed by atoms with Crippen molar-refractivity contribution < 1.29 is 22.0 Å². The smallest absolute Gasteiger partial charge is 0.261 e. The lowest BCUT2D eigenvalue weighted by Gasteiger charge is -2.26. The van der Waals surface area contributed by atoms with Crippen LogP contribution >= 0.6 is 0 Å². The zero-order valence-electron chi connectivity index (χ0n) is 13.9. The molecule has 2 aromatic rings. The van der Waals surface area contributed by atoms with E-state index >= 15 is 0 Å². The van der Waals surface area contributed by atoms with Crippen molar-refractivity contribution in [3.63, 3.8) is 0 Å². The monoisotopic (exact) mass is 380 g/mol. The van der Waals surface area contributed by atoms with E-state index in [2.05, 4.69) is 4.72 Å². The molecule has 1 N–H and O–H groups in total. The molecule has 5 nitrogen and oxygen atoms in total. The normalized spacial score (nSPS) is 14.9. The van der Waals surface area contributed by atoms with E-state index in [1.807, 2.05) is 0 Å². The molecule has 1 fully saturated rings. The van der Waals surface area contributed by atoms with Gasteiger partial charge in [-0.05, 0) is 49.6 Å². The number of hydrogen-bond donors (Lipinski definition) is 1. The average molecular weight is 380 g/mol. The van der Waals surface area contributed by atoms with E-state index in [-0.39, 0.29) is 22.1 Å². The molecule has 1 heterocycles. The Morgan fingerprint density at radius 3 is 2.38 bits per heavy atom. The van der Waals surface area contributed by atoms with E-state index in [9.17, 15) is 22.0 Å². The third-order valence-electron chi connectivity index (χ3n) is 4.21. The standard InChI is InChI=1S/C18H18F2N2O3S/c19-16-8-7-14(12-17(16)20)21-26(24,25)15-6-4-5-13(11-15)18(23)22-9-2-1-3-10-22/h4-8,11-12,21H,1-3,9-10H2. The van der Waals surface area contributed by atoms with Crippen LogP contribution in [-0.2, 0) is 10.0 Å². The molecule has 0 spiro atoms. The van der Waals surface area contributed by atoms with Crippen LogP contribution in [0.15, 0.2) is 47.4 Å². The number of benzene rings is 2. The summed E-state index contributed by atoms with van der Waals surface area (Å²) in [5.41, 5.74) is 0.178. The highest BCUT2D eigenvalue weighted by atomic mass is 32.2. The maximum absolute atomic E-state index is 13.3. The number of sulfonamides is 1. The molecule has 0 unspecified atom stereocenters. The molecule has 1 aliphatic heterocycles. The molecule has 0 bridgehead atoms. The second-order valence-electron chi connectivity index (χ2n) is 6.12. The average Bonchev–Trinajstić information content (AvgIpc) is 2.65. The van der Waals surface area contributed by atoms with E-state index < -0.39 is 21.7 Å². The summed E-state index contributed by atoms with van der Waals surface area (Å²) in [6, 6.07) is 8.40. The zero-order valence-corrected chi connectivity index (χ0v) is 14.7. The first-order valence-corrected chi connectivity index (χ1v) is 9.72. The van der Waals surface area contributed by atoms with Crippen molar-refractivity contribution in [2.75, 3.05) is 17.8 Å². The lowest BCUT2D eigenvalue weighted by atomic mass is 10.1. The molecule has 1 saturated heterocycles. The van der Waals surface area contributed by atoms with Crippen LogP contribution in [-0.4, -0.2) is 32.3 Å². The number of anilines is 1. The zero-order chi connectivity index (χ0) is 18.7. The van der Waals surface area contributed by atoms with E-state index in [1.165, 1.54) is 18.2 Å². The Bertz CT molecular complexity index is 926. The summed E-state index contributed by atoms with van der Waals surface area (Å²) in [5, 5.41) is 0. The Morgan fingerprint density at radius 1 is 0.962 bits per heavy atom. The van der Waals surface area contributed by atoms with Gasteiger partial charge in [0.05, 0.1) is 10.6 Å². The number of nitrogens with zero attached hydrogens (tertiary/aromatic N) is 1. The molecule has 26 heavy (non-hydrogen) atoms. The molecular weight excluding hydrogens is 362 g/mol. The summed E-state index contributed by atoms with van der Waals surface area (Å²) < 4.78 is 53.4. The third-order valence-corrected chi connectivity index (χ3v) is 5.59. The number of carbonyl (C=O) groups excluding carboxylic acids is 1. The first-order chi connectivity index (χ1) is 12.4. The highest BCUT2D eigenvalue weighted by molar-refractivity contribution is 7.92. The van der Waals surface area contributed by atoms with Gasteiger partial charge in [-0.15, -0.1) is 0 Å². The van der Waals surface area contributed by atoms with Gasteiger partial charge in [-0.1, -0.05) is 6.07 Å². The predicted octanol–water partition coefficient (Wildman–Crippen LogP) is 3.39. The number of piperidine rings is 1. The molecule has 138 valence electrons. The van der Waals surface area contributed by atoms with Gasteiger partial charge in [0.2, 0.25) is 0 Å². The molecular formula is C18H18F2N2O3S. The van der Waals surface area contributed by atoms with Crippen LogP contribution in [0.4, 0.5) is 14.5 Å². The molecule has 2 aromatic carbocycles. The van der Waals surface area contributed by atoms with Crippen molar-refractivity contribution in [2.24, 2.45) is 0 Å². The predicted molar refractivity (Wildman–Crippen MR) is 93.4 cm³/mol. The molecule has 0 atom stereocenters. The van der Waals surface area contributed by atoms with Crippen LogP contribution in [0, 0.1) is 11.6 Å². The van der Waals surface area contributed by atoms with Gasteiger partial charge in [-0.25, -0.2) is 17.2 Å². The maximum atomic E-state index is 13.3. The van der Waals surface area contributed by atoms with Crippen LogP contribution in [0.5, 0.6) is 0 Å². The first kappa shape index (κ1) is 18.3. The summed E-state index contributed by atoms with van der Waals surface area (Å²) in [6.07, 6.45) is 2.94. The molecule has 3 rings (SSSR count). The van der Waals surface area contributed by atoms with Crippen molar-refractivity contribution in [3.8, 4) is 0 Å². The first-order valence-electron chi connectivity index (χ1n) is 8.24. The SMILES string of the molecule is O=C(c1cccc(S(=O)(=O)Nc2ccc(F)c(F)c2)c1)N1CCCCC1. The lowest BCUT2D eigenvalue weighted by Crippen LogP contribution is -2.35. The number of carbonyl (C=O) groups is 1. The summed E-state index contributed by atoms with van der Waals surface area (Å²) in [7, 11) is -4.04. The fourth-order valence-corrected chi connectivity index (χ4v) is 3.94. The quantitative estimate of drug-likeness (QED) is 0.884. The van der Waals surface area contributed by atoms with Crippen molar-refractivity contribution in [1.82, 2.24) is 4.90 Å². The van der Waals surface area contributed by atoms with Crippen molar-refractivity contribution in [1.29, 1.82) is 0 Å². The van der Waals surface area contributed by atoms with E-state index in [1.54, 1.807) is 11.0 Å². The fraction of sp³-hybridized carbons (Fsp3) is 0.278. The van der Waals surface area contributed by atoms with Gasteiger partial charge >= 0.3 is 0 Å². The second kappa shape index (κ2) is 7.41. The Labute approximate surface area is 150 Å². The van der Waals surface area contributed by atoms with Crippen LogP contribution in [0.1, 0.15) is 29.6 Å². The highest BCUT2D eigenvalue weighted by Gasteiger charge is 2.21. The summed E-state index contributed by atoms with van der Waals surface area (Å²) in [6.45, 7) is 1.31. The minimum absolute atomic E-state index is 0.100. The lowest BCUT2D eigenvalue weighted by molar-refractivity contribution is 0.0724. The Balaban J connectivity index is 1.83. The third kappa shape index (κ3) is 4.01. The molecule has 1 amide bonds. The Hall–Kier alpha value is -2.48. The van der Waals surface area contributed by atoms with E-state index in [0.717, 1.165) is 37.5 Å². The minimum atomic E-state index is -4.04. The van der Waals surface area contributed by atoms with Crippen LogP contribution in [0.2, 0.25) is 0 Å². The summed E-state index contributed by atoms with van der Waals surface area (Å²) in [4.78, 5) is 14.1. The van der Waals surface area contributed by atoms with Gasteiger partial charge in [-0.2, -0.15) is 0 Å². The number of halogens is 2. The summed E-state index contributed by atoms with van der Waals surface area (Å²) >= 11 is 0.